The molecule has 0 bridgehead atoms. The summed E-state index contributed by atoms with van der Waals surface area (Å²) in [5.41, 5.74) is -0.841. The Labute approximate surface area is 91.6 Å². The van der Waals surface area contributed by atoms with Crippen molar-refractivity contribution in [2.24, 2.45) is 0 Å². The fraction of sp³-hybridized carbons (Fsp3) is 0.500. The first-order valence-corrected chi connectivity index (χ1v) is 4.91. The molecule has 1 rings (SSSR count). The summed E-state index contributed by atoms with van der Waals surface area (Å²) in [4.78, 5) is 3.57. The summed E-state index contributed by atoms with van der Waals surface area (Å²) < 4.78 is 42.4. The smallest absolute Gasteiger partial charge is 0.421 e. The SMILES string of the molecule is CCNCCOc1ncccc1C(F)(F)F. The van der Waals surface area contributed by atoms with Gasteiger partial charge in [-0.2, -0.15) is 13.2 Å². The Morgan fingerprint density at radius 2 is 2.19 bits per heavy atom. The highest BCUT2D eigenvalue weighted by Crippen LogP contribution is 2.34. The molecule has 0 aliphatic rings. The summed E-state index contributed by atoms with van der Waals surface area (Å²) in [6, 6.07) is 2.19. The third-order valence-electron chi connectivity index (χ3n) is 1.84. The standard InChI is InChI=1S/C10H13F3N2O/c1-2-14-6-7-16-9-8(10(11,12)13)4-3-5-15-9/h3-5,14H,2,6-7H2,1H3. The van der Waals surface area contributed by atoms with Crippen LogP contribution in [0.3, 0.4) is 0 Å². The van der Waals surface area contributed by atoms with Crippen LogP contribution >= 0.6 is 0 Å². The lowest BCUT2D eigenvalue weighted by atomic mass is 10.2. The highest BCUT2D eigenvalue weighted by molar-refractivity contribution is 5.28. The normalized spacial score (nSPS) is 11.5. The van der Waals surface area contributed by atoms with Crippen LogP contribution in [-0.4, -0.2) is 24.7 Å². The molecule has 16 heavy (non-hydrogen) atoms. The predicted molar refractivity (Wildman–Crippen MR) is 53.3 cm³/mol. The minimum Gasteiger partial charge on any atom is -0.476 e. The fourth-order valence-electron chi connectivity index (χ4n) is 1.12. The Morgan fingerprint density at radius 1 is 1.44 bits per heavy atom. The van der Waals surface area contributed by atoms with Crippen LogP contribution in [0.25, 0.3) is 0 Å². The lowest BCUT2D eigenvalue weighted by Gasteiger charge is -2.12. The van der Waals surface area contributed by atoms with Gasteiger partial charge in [-0.25, -0.2) is 4.98 Å². The van der Waals surface area contributed by atoms with Crippen molar-refractivity contribution in [2.75, 3.05) is 19.7 Å². The Kier molecular flexibility index (Phi) is 4.54. The lowest BCUT2D eigenvalue weighted by Crippen LogP contribution is -2.21. The maximum absolute atomic E-state index is 12.5. The average Bonchev–Trinajstić information content (AvgIpc) is 2.24. The van der Waals surface area contributed by atoms with Crippen molar-refractivity contribution in [2.45, 2.75) is 13.1 Å². The van der Waals surface area contributed by atoms with Gasteiger partial charge in [0.05, 0.1) is 0 Å². The van der Waals surface area contributed by atoms with E-state index in [0.717, 1.165) is 12.6 Å². The Morgan fingerprint density at radius 3 is 2.81 bits per heavy atom. The molecular formula is C10H13F3N2O. The van der Waals surface area contributed by atoms with Gasteiger partial charge in [0.2, 0.25) is 5.88 Å². The molecule has 0 aliphatic heterocycles. The van der Waals surface area contributed by atoms with Crippen molar-refractivity contribution < 1.29 is 17.9 Å². The summed E-state index contributed by atoms with van der Waals surface area (Å²) in [5, 5.41) is 2.94. The third-order valence-corrected chi connectivity index (χ3v) is 1.84. The zero-order chi connectivity index (χ0) is 12.0. The molecule has 6 heteroatoms. The summed E-state index contributed by atoms with van der Waals surface area (Å²) in [6.45, 7) is 3.30. The second kappa shape index (κ2) is 5.69. The maximum atomic E-state index is 12.5. The number of halogens is 3. The zero-order valence-corrected chi connectivity index (χ0v) is 8.84. The number of nitrogens with one attached hydrogen (secondary N) is 1. The predicted octanol–water partition coefficient (Wildman–Crippen LogP) is 2.09. The summed E-state index contributed by atoms with van der Waals surface area (Å²) in [6.07, 6.45) is -3.15. The molecule has 1 aromatic heterocycles. The second-order valence-electron chi connectivity index (χ2n) is 3.06. The van der Waals surface area contributed by atoms with E-state index in [1.807, 2.05) is 6.92 Å². The molecule has 0 radical (unpaired) electrons. The molecule has 0 aliphatic carbocycles. The Bertz CT molecular complexity index is 328. The van der Waals surface area contributed by atoms with Gasteiger partial charge in [-0.3, -0.25) is 0 Å². The van der Waals surface area contributed by atoms with Gasteiger partial charge in [0, 0.05) is 12.7 Å². The van der Waals surface area contributed by atoms with E-state index in [2.05, 4.69) is 10.3 Å². The van der Waals surface area contributed by atoms with Crippen LogP contribution in [0.15, 0.2) is 18.3 Å². The van der Waals surface area contributed by atoms with Gasteiger partial charge >= 0.3 is 6.18 Å². The highest BCUT2D eigenvalue weighted by Gasteiger charge is 2.34. The minimum absolute atomic E-state index is 0.161. The molecule has 0 saturated carbocycles. The van der Waals surface area contributed by atoms with E-state index in [4.69, 9.17) is 4.74 Å². The second-order valence-corrected chi connectivity index (χ2v) is 3.06. The number of aromatic nitrogens is 1. The van der Waals surface area contributed by atoms with Crippen LogP contribution in [0.2, 0.25) is 0 Å². The van der Waals surface area contributed by atoms with E-state index >= 15 is 0 Å². The van der Waals surface area contributed by atoms with E-state index in [1.165, 1.54) is 12.3 Å². The molecule has 0 fully saturated rings. The molecule has 1 aromatic rings. The number of hydrogen-bond acceptors (Lipinski definition) is 3. The first-order chi connectivity index (χ1) is 7.55. The number of pyridine rings is 1. The van der Waals surface area contributed by atoms with Crippen LogP contribution in [0.4, 0.5) is 13.2 Å². The Balaban J connectivity index is 2.65. The van der Waals surface area contributed by atoms with Gasteiger partial charge in [-0.1, -0.05) is 6.92 Å². The van der Waals surface area contributed by atoms with Gasteiger partial charge < -0.3 is 10.1 Å². The molecular weight excluding hydrogens is 221 g/mol. The van der Waals surface area contributed by atoms with Crippen molar-refractivity contribution in [1.29, 1.82) is 0 Å². The highest BCUT2D eigenvalue weighted by atomic mass is 19.4. The van der Waals surface area contributed by atoms with Gasteiger partial charge in [0.15, 0.2) is 0 Å². The number of alkyl halides is 3. The van der Waals surface area contributed by atoms with Gasteiger partial charge in [-0.05, 0) is 18.7 Å². The van der Waals surface area contributed by atoms with Crippen molar-refractivity contribution in [3.05, 3.63) is 23.9 Å². The van der Waals surface area contributed by atoms with Crippen molar-refractivity contribution in [3.63, 3.8) is 0 Å². The van der Waals surface area contributed by atoms with E-state index in [1.54, 1.807) is 0 Å². The van der Waals surface area contributed by atoms with Crippen LogP contribution in [-0.2, 0) is 6.18 Å². The monoisotopic (exact) mass is 234 g/mol. The molecule has 0 amide bonds. The molecule has 0 atom stereocenters. The molecule has 0 saturated heterocycles. The molecule has 0 unspecified atom stereocenters. The zero-order valence-electron chi connectivity index (χ0n) is 8.84. The van der Waals surface area contributed by atoms with E-state index in [0.29, 0.717) is 6.54 Å². The van der Waals surface area contributed by atoms with Crippen LogP contribution < -0.4 is 10.1 Å². The largest absolute Gasteiger partial charge is 0.476 e. The number of nitrogens with zero attached hydrogens (tertiary/aromatic N) is 1. The van der Waals surface area contributed by atoms with Gasteiger partial charge in [0.25, 0.3) is 0 Å². The molecule has 1 heterocycles. The first-order valence-electron chi connectivity index (χ1n) is 4.91. The van der Waals surface area contributed by atoms with Gasteiger partial charge in [-0.15, -0.1) is 0 Å². The Hall–Kier alpha value is -1.30. The third kappa shape index (κ3) is 3.69. The number of hydrogen-bond donors (Lipinski definition) is 1. The molecule has 3 nitrogen and oxygen atoms in total. The van der Waals surface area contributed by atoms with Crippen molar-refractivity contribution >= 4 is 0 Å². The van der Waals surface area contributed by atoms with Crippen LogP contribution in [0, 0.1) is 0 Å². The quantitative estimate of drug-likeness (QED) is 0.792. The van der Waals surface area contributed by atoms with E-state index < -0.39 is 11.7 Å². The summed E-state index contributed by atoms with van der Waals surface area (Å²) in [7, 11) is 0. The molecule has 1 N–H and O–H groups in total. The number of likely N-dealkylation sites (N-methyl/N-ethyl adjacent to an activating group) is 1. The summed E-state index contributed by atoms with van der Waals surface area (Å²) in [5.74, 6) is -0.368. The lowest BCUT2D eigenvalue weighted by molar-refractivity contribution is -0.139. The van der Waals surface area contributed by atoms with Crippen molar-refractivity contribution in [3.8, 4) is 5.88 Å². The first kappa shape index (κ1) is 12.8. The summed E-state index contributed by atoms with van der Waals surface area (Å²) >= 11 is 0. The van der Waals surface area contributed by atoms with Crippen molar-refractivity contribution in [1.82, 2.24) is 10.3 Å². The van der Waals surface area contributed by atoms with Gasteiger partial charge in [0.1, 0.15) is 12.2 Å². The average molecular weight is 234 g/mol. The number of rotatable bonds is 5. The minimum atomic E-state index is -4.43. The van der Waals surface area contributed by atoms with Crippen LogP contribution in [0.5, 0.6) is 5.88 Å². The van der Waals surface area contributed by atoms with E-state index in [-0.39, 0.29) is 12.5 Å². The van der Waals surface area contributed by atoms with Crippen LogP contribution in [0.1, 0.15) is 12.5 Å². The maximum Gasteiger partial charge on any atom is 0.421 e. The molecule has 0 spiro atoms. The molecule has 0 aromatic carbocycles. The topological polar surface area (TPSA) is 34.1 Å². The fourth-order valence-corrected chi connectivity index (χ4v) is 1.12. The van der Waals surface area contributed by atoms with E-state index in [9.17, 15) is 13.2 Å². The molecule has 90 valence electrons. The number of ether oxygens (including phenoxy) is 1.